The second-order valence-electron chi connectivity index (χ2n) is 6.40. The number of carbonyl (C=O) groups is 2. The van der Waals surface area contributed by atoms with Crippen molar-refractivity contribution >= 4 is 29.2 Å². The van der Waals surface area contributed by atoms with E-state index in [-0.39, 0.29) is 17.1 Å². The lowest BCUT2D eigenvalue weighted by molar-refractivity contribution is 0.0990. The SMILES string of the molecule is Cc1cc(C=C2C(=O)c3ccccc3C2=O)c(C)n1-c1cccc(Cl)c1. The fraction of sp³-hybridized carbons (Fsp3) is 0.0909. The Hall–Kier alpha value is -2.91. The van der Waals surface area contributed by atoms with Crippen molar-refractivity contribution in [3.63, 3.8) is 0 Å². The summed E-state index contributed by atoms with van der Waals surface area (Å²) in [6.07, 6.45) is 1.70. The molecule has 26 heavy (non-hydrogen) atoms. The van der Waals surface area contributed by atoms with Gasteiger partial charge in [-0.15, -0.1) is 0 Å². The summed E-state index contributed by atoms with van der Waals surface area (Å²) in [4.78, 5) is 25.2. The summed E-state index contributed by atoms with van der Waals surface area (Å²) in [5, 5.41) is 0.659. The van der Waals surface area contributed by atoms with Gasteiger partial charge in [-0.05, 0) is 49.8 Å². The van der Waals surface area contributed by atoms with E-state index >= 15 is 0 Å². The highest BCUT2D eigenvalue weighted by atomic mass is 35.5. The van der Waals surface area contributed by atoms with Crippen molar-refractivity contribution in [2.24, 2.45) is 0 Å². The molecule has 0 N–H and O–H groups in total. The number of ketones is 2. The van der Waals surface area contributed by atoms with E-state index in [0.29, 0.717) is 16.1 Å². The second-order valence-corrected chi connectivity index (χ2v) is 6.84. The number of aryl methyl sites for hydroxylation is 1. The van der Waals surface area contributed by atoms with Crippen molar-refractivity contribution in [2.75, 3.05) is 0 Å². The zero-order valence-electron chi connectivity index (χ0n) is 14.4. The maximum absolute atomic E-state index is 12.6. The Morgan fingerprint density at radius 3 is 2.15 bits per heavy atom. The van der Waals surface area contributed by atoms with Crippen molar-refractivity contribution in [2.45, 2.75) is 13.8 Å². The molecule has 1 aliphatic carbocycles. The molecule has 0 atom stereocenters. The molecule has 0 spiro atoms. The number of benzene rings is 2. The van der Waals surface area contributed by atoms with Gasteiger partial charge in [0.2, 0.25) is 0 Å². The standard InChI is InChI=1S/C22H16ClNO2/c1-13-10-15(14(2)24(13)17-7-5-6-16(23)12-17)11-20-21(25)18-8-3-4-9-19(18)22(20)26/h3-12H,1-2H3. The summed E-state index contributed by atoms with van der Waals surface area (Å²) in [6.45, 7) is 3.96. The Balaban J connectivity index is 1.82. The van der Waals surface area contributed by atoms with Crippen molar-refractivity contribution in [3.8, 4) is 5.69 Å². The number of rotatable bonds is 2. The Morgan fingerprint density at radius 2 is 1.54 bits per heavy atom. The van der Waals surface area contributed by atoms with Crippen LogP contribution in [0.3, 0.4) is 0 Å². The Labute approximate surface area is 156 Å². The molecule has 0 bridgehead atoms. The van der Waals surface area contributed by atoms with Gasteiger partial charge >= 0.3 is 0 Å². The van der Waals surface area contributed by atoms with Crippen molar-refractivity contribution in [3.05, 3.63) is 93.3 Å². The number of fused-ring (bicyclic) bond motifs is 1. The van der Waals surface area contributed by atoms with Crippen LogP contribution in [-0.4, -0.2) is 16.1 Å². The number of Topliss-reactive ketones (excluding diaryl/α,β-unsaturated/α-hetero) is 2. The van der Waals surface area contributed by atoms with Crippen LogP contribution in [0.15, 0.2) is 60.2 Å². The number of carbonyl (C=O) groups excluding carboxylic acids is 2. The van der Waals surface area contributed by atoms with E-state index in [9.17, 15) is 9.59 Å². The van der Waals surface area contributed by atoms with Crippen LogP contribution in [0.1, 0.15) is 37.7 Å². The van der Waals surface area contributed by atoms with Gasteiger partial charge in [-0.1, -0.05) is 41.9 Å². The molecule has 1 aromatic heterocycles. The van der Waals surface area contributed by atoms with E-state index in [1.54, 1.807) is 30.3 Å². The van der Waals surface area contributed by atoms with Crippen LogP contribution >= 0.6 is 11.6 Å². The Bertz CT molecular complexity index is 1070. The molecule has 4 rings (SSSR count). The predicted molar refractivity (Wildman–Crippen MR) is 103 cm³/mol. The summed E-state index contributed by atoms with van der Waals surface area (Å²) < 4.78 is 2.06. The van der Waals surface area contributed by atoms with Gasteiger partial charge < -0.3 is 4.57 Å². The summed E-state index contributed by atoms with van der Waals surface area (Å²) in [5.41, 5.74) is 4.94. The van der Waals surface area contributed by atoms with Crippen molar-refractivity contribution in [1.29, 1.82) is 0 Å². The third kappa shape index (κ3) is 2.52. The highest BCUT2D eigenvalue weighted by Crippen LogP contribution is 2.30. The van der Waals surface area contributed by atoms with Gasteiger partial charge in [0, 0.05) is 33.2 Å². The number of nitrogens with zero attached hydrogens (tertiary/aromatic N) is 1. The molecule has 128 valence electrons. The van der Waals surface area contributed by atoms with E-state index < -0.39 is 0 Å². The van der Waals surface area contributed by atoms with Crippen LogP contribution in [0, 0.1) is 13.8 Å². The normalized spacial score (nSPS) is 13.3. The fourth-order valence-electron chi connectivity index (χ4n) is 3.51. The van der Waals surface area contributed by atoms with E-state index in [1.807, 2.05) is 44.2 Å². The third-order valence-corrected chi connectivity index (χ3v) is 4.98. The minimum Gasteiger partial charge on any atom is -0.318 e. The van der Waals surface area contributed by atoms with Gasteiger partial charge in [0.05, 0.1) is 5.57 Å². The molecule has 0 saturated heterocycles. The molecule has 1 heterocycles. The van der Waals surface area contributed by atoms with Crippen LogP contribution in [0.4, 0.5) is 0 Å². The van der Waals surface area contributed by atoms with Crippen LogP contribution < -0.4 is 0 Å². The maximum Gasteiger partial charge on any atom is 0.197 e. The van der Waals surface area contributed by atoms with E-state index in [0.717, 1.165) is 22.6 Å². The highest BCUT2D eigenvalue weighted by Gasteiger charge is 2.32. The van der Waals surface area contributed by atoms with E-state index in [2.05, 4.69) is 4.57 Å². The zero-order chi connectivity index (χ0) is 18.4. The van der Waals surface area contributed by atoms with Gasteiger partial charge in [0.1, 0.15) is 0 Å². The lowest BCUT2D eigenvalue weighted by Gasteiger charge is -2.10. The van der Waals surface area contributed by atoms with Crippen molar-refractivity contribution in [1.82, 2.24) is 4.57 Å². The Morgan fingerprint density at radius 1 is 0.885 bits per heavy atom. The quantitative estimate of drug-likeness (QED) is 0.464. The number of hydrogen-bond donors (Lipinski definition) is 0. The number of allylic oxidation sites excluding steroid dienone is 1. The summed E-state index contributed by atoms with van der Waals surface area (Å²) in [6, 6.07) is 16.5. The molecule has 1 aliphatic rings. The summed E-state index contributed by atoms with van der Waals surface area (Å²) >= 11 is 6.12. The summed E-state index contributed by atoms with van der Waals surface area (Å²) in [7, 11) is 0. The van der Waals surface area contributed by atoms with Crippen molar-refractivity contribution < 1.29 is 9.59 Å². The first kappa shape index (κ1) is 16.6. The smallest absolute Gasteiger partial charge is 0.197 e. The first-order valence-corrected chi connectivity index (χ1v) is 8.70. The molecule has 2 aromatic carbocycles. The molecule has 0 fully saturated rings. The van der Waals surface area contributed by atoms with E-state index in [4.69, 9.17) is 11.6 Å². The molecular weight excluding hydrogens is 346 g/mol. The average molecular weight is 362 g/mol. The fourth-order valence-corrected chi connectivity index (χ4v) is 3.69. The molecule has 0 saturated carbocycles. The lowest BCUT2D eigenvalue weighted by atomic mass is 10.1. The first-order chi connectivity index (χ1) is 12.5. The number of aromatic nitrogens is 1. The van der Waals surface area contributed by atoms with Gasteiger partial charge in [0.25, 0.3) is 0 Å². The molecule has 0 radical (unpaired) electrons. The molecular formula is C22H16ClNO2. The first-order valence-electron chi connectivity index (χ1n) is 8.32. The van der Waals surface area contributed by atoms with Gasteiger partial charge in [-0.3, -0.25) is 9.59 Å². The predicted octanol–water partition coefficient (Wildman–Crippen LogP) is 5.21. The zero-order valence-corrected chi connectivity index (χ0v) is 15.2. The minimum absolute atomic E-state index is 0.210. The second kappa shape index (κ2) is 6.11. The summed E-state index contributed by atoms with van der Waals surface area (Å²) in [5.74, 6) is -0.420. The molecule has 0 amide bonds. The van der Waals surface area contributed by atoms with Gasteiger partial charge in [0.15, 0.2) is 11.6 Å². The lowest BCUT2D eigenvalue weighted by Crippen LogP contribution is -2.01. The molecule has 0 unspecified atom stereocenters. The topological polar surface area (TPSA) is 39.1 Å². The minimum atomic E-state index is -0.210. The van der Waals surface area contributed by atoms with E-state index in [1.165, 1.54) is 0 Å². The van der Waals surface area contributed by atoms with Crippen LogP contribution in [0.25, 0.3) is 11.8 Å². The van der Waals surface area contributed by atoms with Gasteiger partial charge in [-0.2, -0.15) is 0 Å². The Kier molecular flexibility index (Phi) is 3.89. The van der Waals surface area contributed by atoms with Crippen LogP contribution in [0.2, 0.25) is 5.02 Å². The number of halogens is 1. The molecule has 3 nitrogen and oxygen atoms in total. The van der Waals surface area contributed by atoms with Gasteiger partial charge in [-0.25, -0.2) is 0 Å². The largest absolute Gasteiger partial charge is 0.318 e. The molecule has 3 aromatic rings. The third-order valence-electron chi connectivity index (χ3n) is 4.74. The van der Waals surface area contributed by atoms with Crippen LogP contribution in [-0.2, 0) is 0 Å². The average Bonchev–Trinajstić information content (AvgIpc) is 3.04. The molecule has 4 heteroatoms. The van der Waals surface area contributed by atoms with Crippen LogP contribution in [0.5, 0.6) is 0 Å². The monoisotopic (exact) mass is 361 g/mol. The number of hydrogen-bond acceptors (Lipinski definition) is 2. The highest BCUT2D eigenvalue weighted by molar-refractivity contribution is 6.41. The maximum atomic E-state index is 12.6. The molecule has 0 aliphatic heterocycles.